The zero-order valence-electron chi connectivity index (χ0n) is 12.1. The Balaban J connectivity index is 3.11. The molecule has 0 aliphatic carbocycles. The Morgan fingerprint density at radius 1 is 1.21 bits per heavy atom. The first-order valence-corrected chi connectivity index (χ1v) is 5.98. The summed E-state index contributed by atoms with van der Waals surface area (Å²) in [6.07, 6.45) is 0.270. The number of benzene rings is 1. The standard InChI is InChI=1S/C14H21NO4/c1-15(2)12(9-14(16)19-5)11-7-6-10(17-3)8-13(11)18-4/h6-8,12H,9H2,1-5H3. The van der Waals surface area contributed by atoms with Gasteiger partial charge in [-0.2, -0.15) is 0 Å². The first-order chi connectivity index (χ1) is 9.03. The molecule has 0 aliphatic rings. The number of esters is 1. The highest BCUT2D eigenvalue weighted by Gasteiger charge is 2.22. The van der Waals surface area contributed by atoms with E-state index in [1.807, 2.05) is 37.2 Å². The Hall–Kier alpha value is -1.75. The summed E-state index contributed by atoms with van der Waals surface area (Å²) in [7, 11) is 8.42. The molecular weight excluding hydrogens is 246 g/mol. The lowest BCUT2D eigenvalue weighted by Gasteiger charge is -2.25. The molecule has 1 rings (SSSR count). The summed E-state index contributed by atoms with van der Waals surface area (Å²) in [5.41, 5.74) is 0.929. The van der Waals surface area contributed by atoms with Gasteiger partial charge in [0, 0.05) is 17.7 Å². The molecule has 0 spiro atoms. The van der Waals surface area contributed by atoms with Gasteiger partial charge < -0.3 is 19.1 Å². The molecule has 0 amide bonds. The molecule has 0 saturated carbocycles. The smallest absolute Gasteiger partial charge is 0.307 e. The van der Waals surface area contributed by atoms with Gasteiger partial charge in [0.1, 0.15) is 11.5 Å². The number of ether oxygens (including phenoxy) is 3. The predicted octanol–water partition coefficient (Wildman–Crippen LogP) is 1.87. The second-order valence-electron chi connectivity index (χ2n) is 4.37. The number of nitrogens with zero attached hydrogens (tertiary/aromatic N) is 1. The van der Waals surface area contributed by atoms with E-state index in [9.17, 15) is 4.79 Å². The van der Waals surface area contributed by atoms with Crippen molar-refractivity contribution in [2.45, 2.75) is 12.5 Å². The Kier molecular flexibility index (Phi) is 5.63. The normalized spacial score (nSPS) is 12.1. The highest BCUT2D eigenvalue weighted by atomic mass is 16.5. The number of methoxy groups -OCH3 is 3. The molecule has 1 atom stereocenters. The minimum Gasteiger partial charge on any atom is -0.497 e. The van der Waals surface area contributed by atoms with Crippen LogP contribution in [-0.4, -0.2) is 46.3 Å². The van der Waals surface area contributed by atoms with Crippen molar-refractivity contribution in [2.75, 3.05) is 35.4 Å². The quantitative estimate of drug-likeness (QED) is 0.736. The van der Waals surface area contributed by atoms with Gasteiger partial charge in [-0.1, -0.05) is 6.07 Å². The second-order valence-corrected chi connectivity index (χ2v) is 4.37. The van der Waals surface area contributed by atoms with Crippen LogP contribution in [0.4, 0.5) is 0 Å². The van der Waals surface area contributed by atoms with Crippen LogP contribution in [0.2, 0.25) is 0 Å². The molecule has 1 aromatic rings. The molecule has 19 heavy (non-hydrogen) atoms. The van der Waals surface area contributed by atoms with E-state index in [-0.39, 0.29) is 18.4 Å². The van der Waals surface area contributed by atoms with E-state index in [1.165, 1.54) is 7.11 Å². The fourth-order valence-electron chi connectivity index (χ4n) is 1.91. The Labute approximate surface area is 114 Å². The number of hydrogen-bond donors (Lipinski definition) is 0. The fourth-order valence-corrected chi connectivity index (χ4v) is 1.91. The molecule has 0 aliphatic heterocycles. The summed E-state index contributed by atoms with van der Waals surface area (Å²) in [6, 6.07) is 5.47. The number of carbonyl (C=O) groups is 1. The molecule has 0 fully saturated rings. The maximum Gasteiger partial charge on any atom is 0.307 e. The van der Waals surface area contributed by atoms with Crippen LogP contribution in [0.15, 0.2) is 18.2 Å². The van der Waals surface area contributed by atoms with Crippen molar-refractivity contribution < 1.29 is 19.0 Å². The van der Waals surface area contributed by atoms with E-state index in [0.717, 1.165) is 11.3 Å². The zero-order valence-corrected chi connectivity index (χ0v) is 12.1. The highest BCUT2D eigenvalue weighted by molar-refractivity contribution is 5.70. The first-order valence-electron chi connectivity index (χ1n) is 5.98. The van der Waals surface area contributed by atoms with Crippen LogP contribution < -0.4 is 9.47 Å². The summed E-state index contributed by atoms with van der Waals surface area (Å²) in [4.78, 5) is 13.5. The third-order valence-electron chi connectivity index (χ3n) is 3.01. The van der Waals surface area contributed by atoms with E-state index in [2.05, 4.69) is 0 Å². The van der Waals surface area contributed by atoms with Crippen LogP contribution >= 0.6 is 0 Å². The maximum absolute atomic E-state index is 11.5. The van der Waals surface area contributed by atoms with Gasteiger partial charge in [-0.05, 0) is 20.2 Å². The molecule has 1 aromatic carbocycles. The van der Waals surface area contributed by atoms with E-state index in [0.29, 0.717) is 5.75 Å². The third-order valence-corrected chi connectivity index (χ3v) is 3.01. The van der Waals surface area contributed by atoms with Crippen LogP contribution in [0.5, 0.6) is 11.5 Å². The molecule has 5 nitrogen and oxygen atoms in total. The van der Waals surface area contributed by atoms with Crippen molar-refractivity contribution in [1.82, 2.24) is 4.90 Å². The maximum atomic E-state index is 11.5. The molecule has 0 aromatic heterocycles. The lowest BCUT2D eigenvalue weighted by Crippen LogP contribution is -2.23. The van der Waals surface area contributed by atoms with Gasteiger partial charge in [0.25, 0.3) is 0 Å². The monoisotopic (exact) mass is 267 g/mol. The Morgan fingerprint density at radius 2 is 1.89 bits per heavy atom. The summed E-state index contributed by atoms with van der Waals surface area (Å²) >= 11 is 0. The van der Waals surface area contributed by atoms with Gasteiger partial charge in [0.2, 0.25) is 0 Å². The van der Waals surface area contributed by atoms with Gasteiger partial charge in [0.05, 0.1) is 27.8 Å². The lowest BCUT2D eigenvalue weighted by atomic mass is 10.0. The molecular formula is C14H21NO4. The summed E-state index contributed by atoms with van der Waals surface area (Å²) in [6.45, 7) is 0. The fraction of sp³-hybridized carbons (Fsp3) is 0.500. The third kappa shape index (κ3) is 3.86. The van der Waals surface area contributed by atoms with E-state index < -0.39 is 0 Å². The Morgan fingerprint density at radius 3 is 2.37 bits per heavy atom. The van der Waals surface area contributed by atoms with Gasteiger partial charge in [0.15, 0.2) is 0 Å². The van der Waals surface area contributed by atoms with Crippen molar-refractivity contribution >= 4 is 5.97 Å². The van der Waals surface area contributed by atoms with Crippen LogP contribution in [0.1, 0.15) is 18.0 Å². The summed E-state index contributed by atoms with van der Waals surface area (Å²) in [5.74, 6) is 1.16. The SMILES string of the molecule is COC(=O)CC(c1ccc(OC)cc1OC)N(C)C. The van der Waals surface area contributed by atoms with Crippen LogP contribution in [0, 0.1) is 0 Å². The van der Waals surface area contributed by atoms with E-state index in [1.54, 1.807) is 14.2 Å². The number of carbonyl (C=O) groups excluding carboxylic acids is 1. The summed E-state index contributed by atoms with van der Waals surface area (Å²) in [5, 5.41) is 0. The van der Waals surface area contributed by atoms with Crippen molar-refractivity contribution in [3.63, 3.8) is 0 Å². The van der Waals surface area contributed by atoms with Crippen molar-refractivity contribution in [1.29, 1.82) is 0 Å². The number of rotatable bonds is 6. The molecule has 0 heterocycles. The average molecular weight is 267 g/mol. The molecule has 0 bridgehead atoms. The van der Waals surface area contributed by atoms with Crippen molar-refractivity contribution in [3.05, 3.63) is 23.8 Å². The molecule has 0 saturated heterocycles. The van der Waals surface area contributed by atoms with Gasteiger partial charge in [-0.3, -0.25) is 4.79 Å². The average Bonchev–Trinajstić information content (AvgIpc) is 2.43. The molecule has 0 radical (unpaired) electrons. The first kappa shape index (κ1) is 15.3. The largest absolute Gasteiger partial charge is 0.497 e. The second kappa shape index (κ2) is 6.99. The topological polar surface area (TPSA) is 48.0 Å². The van der Waals surface area contributed by atoms with E-state index in [4.69, 9.17) is 14.2 Å². The minimum atomic E-state index is -0.253. The van der Waals surface area contributed by atoms with Crippen LogP contribution in [-0.2, 0) is 9.53 Å². The van der Waals surface area contributed by atoms with Crippen molar-refractivity contribution in [2.24, 2.45) is 0 Å². The molecule has 1 unspecified atom stereocenters. The van der Waals surface area contributed by atoms with Gasteiger partial charge in [-0.15, -0.1) is 0 Å². The van der Waals surface area contributed by atoms with Gasteiger partial charge in [-0.25, -0.2) is 0 Å². The molecule has 0 N–H and O–H groups in total. The van der Waals surface area contributed by atoms with Crippen molar-refractivity contribution in [3.8, 4) is 11.5 Å². The molecule has 5 heteroatoms. The molecule has 106 valence electrons. The minimum absolute atomic E-state index is 0.103. The lowest BCUT2D eigenvalue weighted by molar-refractivity contribution is -0.141. The Bertz CT molecular complexity index is 431. The zero-order chi connectivity index (χ0) is 14.4. The van der Waals surface area contributed by atoms with Crippen LogP contribution in [0.3, 0.4) is 0 Å². The van der Waals surface area contributed by atoms with Gasteiger partial charge >= 0.3 is 5.97 Å². The number of hydrogen-bond acceptors (Lipinski definition) is 5. The predicted molar refractivity (Wildman–Crippen MR) is 72.6 cm³/mol. The highest BCUT2D eigenvalue weighted by Crippen LogP contribution is 2.33. The van der Waals surface area contributed by atoms with E-state index >= 15 is 0 Å². The van der Waals surface area contributed by atoms with Crippen LogP contribution in [0.25, 0.3) is 0 Å². The summed E-state index contributed by atoms with van der Waals surface area (Å²) < 4.78 is 15.3.